The quantitative estimate of drug-likeness (QED) is 0.0262. The first-order chi connectivity index (χ1) is 34.5. The van der Waals surface area contributed by atoms with E-state index in [1.807, 2.05) is 0 Å². The Morgan fingerprint density at radius 1 is 0.300 bits per heavy atom. The number of esters is 3. The van der Waals surface area contributed by atoms with Crippen molar-refractivity contribution in [3.63, 3.8) is 0 Å². The number of hydrogen-bond acceptors (Lipinski definition) is 6. The number of carbonyl (C=O) groups is 3. The largest absolute Gasteiger partial charge is 0.462 e. The molecule has 0 heterocycles. The summed E-state index contributed by atoms with van der Waals surface area (Å²) >= 11 is 0. The highest BCUT2D eigenvalue weighted by molar-refractivity contribution is 5.71. The minimum atomic E-state index is -0.787. The fraction of sp³-hybridized carbons (Fsp3) is 0.672. The van der Waals surface area contributed by atoms with Gasteiger partial charge >= 0.3 is 17.9 Å². The summed E-state index contributed by atoms with van der Waals surface area (Å²) in [6.45, 7) is 6.42. The molecule has 0 bridgehead atoms. The lowest BCUT2D eigenvalue weighted by atomic mass is 10.0. The molecule has 0 aliphatic carbocycles. The molecule has 0 spiro atoms. The molecule has 1 unspecified atom stereocenters. The van der Waals surface area contributed by atoms with Gasteiger partial charge in [0.2, 0.25) is 0 Å². The molecule has 0 fully saturated rings. The Labute approximate surface area is 431 Å². The van der Waals surface area contributed by atoms with Crippen molar-refractivity contribution in [2.24, 2.45) is 0 Å². The van der Waals surface area contributed by atoms with E-state index in [9.17, 15) is 14.4 Å². The van der Waals surface area contributed by atoms with Crippen molar-refractivity contribution in [3.8, 4) is 0 Å². The van der Waals surface area contributed by atoms with E-state index in [4.69, 9.17) is 14.2 Å². The predicted molar refractivity (Wildman–Crippen MR) is 302 cm³/mol. The number of rotatable bonds is 51. The van der Waals surface area contributed by atoms with Gasteiger partial charge in [0.05, 0.1) is 0 Å². The number of ether oxygens (including phenoxy) is 3. The second kappa shape index (κ2) is 57.6. The van der Waals surface area contributed by atoms with Crippen LogP contribution < -0.4 is 0 Å². The van der Waals surface area contributed by atoms with E-state index in [2.05, 4.69) is 130 Å². The third-order valence-electron chi connectivity index (χ3n) is 12.0. The molecule has 1 atom stereocenters. The Morgan fingerprint density at radius 2 is 0.557 bits per heavy atom. The normalized spacial score (nSPS) is 12.9. The molecule has 0 aliphatic rings. The number of hydrogen-bond donors (Lipinski definition) is 0. The Balaban J connectivity index is 4.17. The molecule has 398 valence electrons. The molecule has 6 heteroatoms. The highest BCUT2D eigenvalue weighted by atomic mass is 16.6. The van der Waals surface area contributed by atoms with Crippen LogP contribution in [0.2, 0.25) is 0 Å². The van der Waals surface area contributed by atoms with Gasteiger partial charge in [0, 0.05) is 19.3 Å². The van der Waals surface area contributed by atoms with E-state index >= 15 is 0 Å². The van der Waals surface area contributed by atoms with Crippen molar-refractivity contribution >= 4 is 17.9 Å². The van der Waals surface area contributed by atoms with E-state index in [1.54, 1.807) is 0 Å². The number of allylic oxidation sites excluding steroid dienone is 18. The summed E-state index contributed by atoms with van der Waals surface area (Å²) in [5, 5.41) is 0. The summed E-state index contributed by atoms with van der Waals surface area (Å²) in [6, 6.07) is 0. The van der Waals surface area contributed by atoms with E-state index in [-0.39, 0.29) is 31.1 Å². The lowest BCUT2D eigenvalue weighted by Crippen LogP contribution is -2.30. The van der Waals surface area contributed by atoms with Gasteiger partial charge in [-0.25, -0.2) is 0 Å². The monoisotopic (exact) mass is 971 g/mol. The van der Waals surface area contributed by atoms with Crippen LogP contribution in [0.3, 0.4) is 0 Å². The molecule has 0 aromatic carbocycles. The summed E-state index contributed by atoms with van der Waals surface area (Å²) in [5.74, 6) is -0.935. The Morgan fingerprint density at radius 3 is 0.871 bits per heavy atom. The average Bonchev–Trinajstić information content (AvgIpc) is 3.36. The van der Waals surface area contributed by atoms with Gasteiger partial charge in [0.15, 0.2) is 6.10 Å². The molecular weight excluding hydrogens is 865 g/mol. The maximum Gasteiger partial charge on any atom is 0.306 e. The second-order valence-corrected chi connectivity index (χ2v) is 18.8. The Kier molecular flexibility index (Phi) is 54.4. The van der Waals surface area contributed by atoms with Gasteiger partial charge in [-0.2, -0.15) is 0 Å². The molecule has 70 heavy (non-hydrogen) atoms. The van der Waals surface area contributed by atoms with E-state index in [0.717, 1.165) is 128 Å². The first-order valence-electron chi connectivity index (χ1n) is 28.9. The van der Waals surface area contributed by atoms with Crippen LogP contribution >= 0.6 is 0 Å². The third-order valence-corrected chi connectivity index (χ3v) is 12.0. The summed E-state index contributed by atoms with van der Waals surface area (Å²) in [6.07, 6.45) is 78.4. The Bertz CT molecular complexity index is 1440. The van der Waals surface area contributed by atoms with E-state index in [0.29, 0.717) is 19.3 Å². The smallest absolute Gasteiger partial charge is 0.306 e. The lowest BCUT2D eigenvalue weighted by molar-refractivity contribution is -0.167. The first-order valence-corrected chi connectivity index (χ1v) is 28.9. The van der Waals surface area contributed by atoms with E-state index in [1.165, 1.54) is 89.9 Å². The summed E-state index contributed by atoms with van der Waals surface area (Å²) in [4.78, 5) is 37.8. The summed E-state index contributed by atoms with van der Waals surface area (Å²) < 4.78 is 16.7. The molecule has 0 rings (SSSR count). The molecule has 0 aliphatic heterocycles. The van der Waals surface area contributed by atoms with Crippen LogP contribution in [0.4, 0.5) is 0 Å². The van der Waals surface area contributed by atoms with Crippen molar-refractivity contribution in [2.45, 2.75) is 264 Å². The fourth-order valence-electron chi connectivity index (χ4n) is 7.73. The number of unbranched alkanes of at least 4 members (excludes halogenated alkanes) is 22. The highest BCUT2D eigenvalue weighted by Gasteiger charge is 2.19. The van der Waals surface area contributed by atoms with Crippen LogP contribution in [0.25, 0.3) is 0 Å². The second-order valence-electron chi connectivity index (χ2n) is 18.8. The maximum atomic E-state index is 12.8. The van der Waals surface area contributed by atoms with Gasteiger partial charge in [-0.15, -0.1) is 0 Å². The van der Waals surface area contributed by atoms with Gasteiger partial charge in [0.25, 0.3) is 0 Å². The molecule has 0 saturated carbocycles. The fourth-order valence-corrected chi connectivity index (χ4v) is 7.73. The zero-order valence-corrected chi connectivity index (χ0v) is 45.5. The predicted octanol–water partition coefficient (Wildman–Crippen LogP) is 19.5. The maximum absolute atomic E-state index is 12.8. The molecule has 6 nitrogen and oxygen atoms in total. The molecule has 0 N–H and O–H groups in total. The van der Waals surface area contributed by atoms with Crippen molar-refractivity contribution < 1.29 is 28.6 Å². The van der Waals surface area contributed by atoms with Gasteiger partial charge in [-0.3, -0.25) is 14.4 Å². The van der Waals surface area contributed by atoms with Crippen LogP contribution in [0.5, 0.6) is 0 Å². The lowest BCUT2D eigenvalue weighted by Gasteiger charge is -2.18. The molecule has 0 saturated heterocycles. The van der Waals surface area contributed by atoms with E-state index < -0.39 is 6.10 Å². The van der Waals surface area contributed by atoms with Gasteiger partial charge in [-0.1, -0.05) is 259 Å². The topological polar surface area (TPSA) is 78.9 Å². The van der Waals surface area contributed by atoms with Crippen LogP contribution in [0.15, 0.2) is 109 Å². The van der Waals surface area contributed by atoms with Crippen molar-refractivity contribution in [3.05, 3.63) is 109 Å². The highest BCUT2D eigenvalue weighted by Crippen LogP contribution is 2.15. The first kappa shape index (κ1) is 66.1. The minimum absolute atomic E-state index is 0.0882. The molecule has 0 aromatic heterocycles. The average molecular weight is 972 g/mol. The van der Waals surface area contributed by atoms with Gasteiger partial charge in [-0.05, 0) is 89.9 Å². The SMILES string of the molecule is CC/C=C\C/C=C\C/C=C\C/C=C\C/C=C\C/C=C\C/C=C\C/C=C\C/C=C\CCCCCC(=O)OCC(COC(=O)CCCCCCC)OC(=O)CCCCCCCCCCCCCCCCCC. The van der Waals surface area contributed by atoms with Gasteiger partial charge < -0.3 is 14.2 Å². The number of carbonyl (C=O) groups excluding carboxylic acids is 3. The third kappa shape index (κ3) is 55.0. The molecule has 0 aromatic rings. The van der Waals surface area contributed by atoms with Gasteiger partial charge in [0.1, 0.15) is 13.2 Å². The Hall–Kier alpha value is -3.93. The molecular formula is C64H106O6. The summed E-state index contributed by atoms with van der Waals surface area (Å²) in [5.41, 5.74) is 0. The van der Waals surface area contributed by atoms with Crippen molar-refractivity contribution in [1.29, 1.82) is 0 Å². The molecule has 0 radical (unpaired) electrons. The standard InChI is InChI=1S/C64H106O6/c1-4-7-10-13-15-17-19-21-23-25-26-27-28-29-30-31-32-33-34-35-36-37-38-39-41-42-44-46-48-51-54-57-63(66)69-60-61(59-68-62(65)56-53-50-12-9-6-3)70-64(67)58-55-52-49-47-45-43-40-24-22-20-18-16-14-11-8-5-2/h7,10,15,17,21,23,26-27,29-30,32-33,35-36,38-39,42,44,61H,4-6,8-9,11-14,16,18-20,22,24-25,28,31,34,37,40-41,43,45-60H2,1-3H3/b10-7-,17-15-,23-21-,27-26-,30-29-,33-32-,36-35-,39-38-,44-42-. The van der Waals surface area contributed by atoms with Crippen LogP contribution in [0, 0.1) is 0 Å². The van der Waals surface area contributed by atoms with Crippen molar-refractivity contribution in [2.75, 3.05) is 13.2 Å². The van der Waals surface area contributed by atoms with Crippen LogP contribution in [0.1, 0.15) is 258 Å². The zero-order chi connectivity index (χ0) is 50.7. The van der Waals surface area contributed by atoms with Crippen LogP contribution in [-0.2, 0) is 28.6 Å². The molecule has 0 amide bonds. The van der Waals surface area contributed by atoms with Crippen LogP contribution in [-0.4, -0.2) is 37.2 Å². The zero-order valence-electron chi connectivity index (χ0n) is 45.5. The van der Waals surface area contributed by atoms with Crippen molar-refractivity contribution in [1.82, 2.24) is 0 Å². The summed E-state index contributed by atoms with van der Waals surface area (Å²) in [7, 11) is 0. The minimum Gasteiger partial charge on any atom is -0.462 e.